The lowest BCUT2D eigenvalue weighted by Gasteiger charge is -2.05. The topological polar surface area (TPSA) is 103 Å². The Labute approximate surface area is 97.8 Å². The first-order valence-corrected chi connectivity index (χ1v) is 5.06. The predicted octanol–water partition coefficient (Wildman–Crippen LogP) is 0.769. The molecule has 2 rings (SSSR count). The number of amidine groups is 1. The Kier molecular flexibility index (Phi) is 2.99. The molecule has 2 aromatic heterocycles. The zero-order chi connectivity index (χ0) is 12.3. The second kappa shape index (κ2) is 4.60. The first-order valence-electron chi connectivity index (χ1n) is 5.06. The highest BCUT2D eigenvalue weighted by Gasteiger charge is 2.11. The SMILES string of the molecule is CCn1cc(Oc2nccnc2C(=N)N)cn1. The van der Waals surface area contributed by atoms with Gasteiger partial charge in [-0.1, -0.05) is 0 Å². The fraction of sp³-hybridized carbons (Fsp3) is 0.200. The number of aryl methyl sites for hydroxylation is 1. The van der Waals surface area contributed by atoms with Crippen molar-refractivity contribution in [2.45, 2.75) is 13.5 Å². The molecule has 0 spiro atoms. The number of nitrogens with two attached hydrogens (primary N) is 1. The highest BCUT2D eigenvalue weighted by molar-refractivity contribution is 5.95. The molecule has 7 heteroatoms. The Morgan fingerprint density at radius 3 is 2.88 bits per heavy atom. The van der Waals surface area contributed by atoms with E-state index in [2.05, 4.69) is 15.1 Å². The van der Waals surface area contributed by atoms with Crippen molar-refractivity contribution in [3.8, 4) is 11.6 Å². The van der Waals surface area contributed by atoms with Gasteiger partial charge in [-0.15, -0.1) is 0 Å². The number of nitrogens with one attached hydrogen (secondary N) is 1. The Bertz CT molecular complexity index is 535. The molecular formula is C10H12N6O. The molecule has 2 heterocycles. The van der Waals surface area contributed by atoms with Crippen molar-refractivity contribution in [3.05, 3.63) is 30.5 Å². The third kappa shape index (κ3) is 2.39. The summed E-state index contributed by atoms with van der Waals surface area (Å²) in [5.41, 5.74) is 5.60. The van der Waals surface area contributed by atoms with Gasteiger partial charge < -0.3 is 10.5 Å². The van der Waals surface area contributed by atoms with Crippen molar-refractivity contribution in [2.24, 2.45) is 5.73 Å². The van der Waals surface area contributed by atoms with E-state index in [0.29, 0.717) is 5.75 Å². The van der Waals surface area contributed by atoms with E-state index in [-0.39, 0.29) is 17.4 Å². The molecule has 3 N–H and O–H groups in total. The van der Waals surface area contributed by atoms with Crippen LogP contribution in [0.25, 0.3) is 0 Å². The van der Waals surface area contributed by atoms with Gasteiger partial charge in [0.25, 0.3) is 0 Å². The van der Waals surface area contributed by atoms with Crippen molar-refractivity contribution in [1.29, 1.82) is 5.41 Å². The number of nitrogens with zero attached hydrogens (tertiary/aromatic N) is 4. The lowest BCUT2D eigenvalue weighted by Crippen LogP contribution is -2.14. The Balaban J connectivity index is 2.26. The molecule has 0 atom stereocenters. The molecule has 0 saturated heterocycles. The van der Waals surface area contributed by atoms with E-state index >= 15 is 0 Å². The van der Waals surface area contributed by atoms with Gasteiger partial charge in [0.1, 0.15) is 5.84 Å². The van der Waals surface area contributed by atoms with Crippen LogP contribution in [0.3, 0.4) is 0 Å². The molecule has 2 aromatic rings. The molecule has 7 nitrogen and oxygen atoms in total. The number of nitrogen functional groups attached to an aromatic ring is 1. The van der Waals surface area contributed by atoms with Crippen LogP contribution in [-0.4, -0.2) is 25.6 Å². The van der Waals surface area contributed by atoms with Crippen LogP contribution >= 0.6 is 0 Å². The van der Waals surface area contributed by atoms with Crippen LogP contribution in [0.1, 0.15) is 12.6 Å². The second-order valence-corrected chi connectivity index (χ2v) is 3.26. The molecular weight excluding hydrogens is 220 g/mol. The van der Waals surface area contributed by atoms with Crippen molar-refractivity contribution >= 4 is 5.84 Å². The van der Waals surface area contributed by atoms with Crippen molar-refractivity contribution < 1.29 is 4.74 Å². The zero-order valence-electron chi connectivity index (χ0n) is 9.29. The molecule has 0 bridgehead atoms. The summed E-state index contributed by atoms with van der Waals surface area (Å²) in [6.45, 7) is 2.73. The lowest BCUT2D eigenvalue weighted by molar-refractivity contribution is 0.457. The number of ether oxygens (including phenoxy) is 1. The van der Waals surface area contributed by atoms with E-state index in [1.807, 2.05) is 6.92 Å². The summed E-state index contributed by atoms with van der Waals surface area (Å²) >= 11 is 0. The van der Waals surface area contributed by atoms with E-state index in [0.717, 1.165) is 6.54 Å². The normalized spacial score (nSPS) is 10.2. The lowest BCUT2D eigenvalue weighted by atomic mass is 10.4. The molecule has 0 aliphatic rings. The first kappa shape index (κ1) is 11.1. The number of rotatable bonds is 4. The van der Waals surface area contributed by atoms with Crippen LogP contribution in [0, 0.1) is 5.41 Å². The van der Waals surface area contributed by atoms with Gasteiger partial charge in [-0.3, -0.25) is 10.1 Å². The summed E-state index contributed by atoms with van der Waals surface area (Å²) in [5, 5.41) is 11.4. The molecule has 0 saturated carbocycles. The average Bonchev–Trinajstić information content (AvgIpc) is 2.77. The van der Waals surface area contributed by atoms with Gasteiger partial charge in [-0.25, -0.2) is 9.97 Å². The van der Waals surface area contributed by atoms with E-state index < -0.39 is 0 Å². The predicted molar refractivity (Wildman–Crippen MR) is 61.0 cm³/mol. The van der Waals surface area contributed by atoms with Gasteiger partial charge in [0.2, 0.25) is 5.88 Å². The second-order valence-electron chi connectivity index (χ2n) is 3.26. The molecule has 0 aliphatic heterocycles. The quantitative estimate of drug-likeness (QED) is 0.598. The maximum atomic E-state index is 7.36. The average molecular weight is 232 g/mol. The molecule has 0 aromatic carbocycles. The van der Waals surface area contributed by atoms with Crippen LogP contribution in [0.4, 0.5) is 0 Å². The summed E-state index contributed by atoms with van der Waals surface area (Å²) in [6.07, 6.45) is 6.24. The Morgan fingerprint density at radius 1 is 1.47 bits per heavy atom. The van der Waals surface area contributed by atoms with Crippen LogP contribution < -0.4 is 10.5 Å². The van der Waals surface area contributed by atoms with Crippen molar-refractivity contribution in [2.75, 3.05) is 0 Å². The molecule has 0 fully saturated rings. The minimum Gasteiger partial charge on any atom is -0.434 e. The van der Waals surface area contributed by atoms with Crippen LogP contribution in [-0.2, 0) is 6.54 Å². The summed E-state index contributed by atoms with van der Waals surface area (Å²) in [4.78, 5) is 7.92. The molecule has 88 valence electrons. The molecule has 0 radical (unpaired) electrons. The smallest absolute Gasteiger partial charge is 0.249 e. The molecule has 17 heavy (non-hydrogen) atoms. The van der Waals surface area contributed by atoms with Gasteiger partial charge in [0.05, 0.1) is 12.4 Å². The van der Waals surface area contributed by atoms with Crippen LogP contribution in [0.5, 0.6) is 11.6 Å². The van der Waals surface area contributed by atoms with Crippen LogP contribution in [0.2, 0.25) is 0 Å². The largest absolute Gasteiger partial charge is 0.434 e. The summed E-state index contributed by atoms with van der Waals surface area (Å²) in [6, 6.07) is 0. The van der Waals surface area contributed by atoms with Gasteiger partial charge >= 0.3 is 0 Å². The third-order valence-electron chi connectivity index (χ3n) is 2.07. The highest BCUT2D eigenvalue weighted by Crippen LogP contribution is 2.20. The van der Waals surface area contributed by atoms with Crippen LogP contribution in [0.15, 0.2) is 24.8 Å². The van der Waals surface area contributed by atoms with E-state index in [1.54, 1.807) is 17.1 Å². The molecule has 0 amide bonds. The fourth-order valence-corrected chi connectivity index (χ4v) is 1.27. The van der Waals surface area contributed by atoms with Gasteiger partial charge in [0.15, 0.2) is 11.4 Å². The van der Waals surface area contributed by atoms with E-state index in [4.69, 9.17) is 15.9 Å². The Morgan fingerprint density at radius 2 is 2.24 bits per heavy atom. The minimum absolute atomic E-state index is 0.184. The summed E-state index contributed by atoms with van der Waals surface area (Å²) < 4.78 is 7.20. The summed E-state index contributed by atoms with van der Waals surface area (Å²) in [7, 11) is 0. The summed E-state index contributed by atoms with van der Waals surface area (Å²) in [5.74, 6) is 0.557. The van der Waals surface area contributed by atoms with Crippen molar-refractivity contribution in [1.82, 2.24) is 19.7 Å². The number of aromatic nitrogens is 4. The van der Waals surface area contributed by atoms with Gasteiger partial charge in [0, 0.05) is 18.9 Å². The zero-order valence-corrected chi connectivity index (χ0v) is 9.29. The molecule has 0 unspecified atom stereocenters. The maximum Gasteiger partial charge on any atom is 0.249 e. The fourth-order valence-electron chi connectivity index (χ4n) is 1.27. The van der Waals surface area contributed by atoms with E-state index in [1.165, 1.54) is 12.4 Å². The van der Waals surface area contributed by atoms with Gasteiger partial charge in [-0.05, 0) is 6.92 Å². The monoisotopic (exact) mass is 232 g/mol. The number of hydrogen-bond acceptors (Lipinski definition) is 5. The standard InChI is InChI=1S/C10H12N6O/c1-2-16-6-7(5-15-16)17-10-8(9(11)12)13-3-4-14-10/h3-6H,2H2,1H3,(H3,11,12). The highest BCUT2D eigenvalue weighted by atomic mass is 16.5. The molecule has 0 aliphatic carbocycles. The first-order chi connectivity index (χ1) is 8.20. The van der Waals surface area contributed by atoms with Crippen molar-refractivity contribution in [3.63, 3.8) is 0 Å². The van der Waals surface area contributed by atoms with Gasteiger partial charge in [-0.2, -0.15) is 5.10 Å². The minimum atomic E-state index is -0.184. The number of hydrogen-bond donors (Lipinski definition) is 2. The third-order valence-corrected chi connectivity index (χ3v) is 2.07. The maximum absolute atomic E-state index is 7.36. The Hall–Kier alpha value is -2.44. The van der Waals surface area contributed by atoms with E-state index in [9.17, 15) is 0 Å².